The second-order valence-corrected chi connectivity index (χ2v) is 5.35. The number of methoxy groups -OCH3 is 1. The number of rotatable bonds is 4. The fraction of sp³-hybridized carbons (Fsp3) is 0.364. The van der Waals surface area contributed by atoms with Crippen LogP contribution in [0.3, 0.4) is 0 Å². The van der Waals surface area contributed by atoms with E-state index in [-0.39, 0.29) is 29.0 Å². The van der Waals surface area contributed by atoms with Gasteiger partial charge in [0.15, 0.2) is 0 Å². The maximum Gasteiger partial charge on any atom is 0.446 e. The van der Waals surface area contributed by atoms with Gasteiger partial charge in [0.05, 0.1) is 7.11 Å². The van der Waals surface area contributed by atoms with E-state index in [1.807, 2.05) is 0 Å². The van der Waals surface area contributed by atoms with Crippen LogP contribution in [0.25, 0.3) is 0 Å². The van der Waals surface area contributed by atoms with E-state index in [0.29, 0.717) is 16.5 Å². The quantitative estimate of drug-likeness (QED) is 0.606. The zero-order chi connectivity index (χ0) is 13.8. The van der Waals surface area contributed by atoms with E-state index < -0.39 is 5.51 Å². The first kappa shape index (κ1) is 15.4. The Kier molecular flexibility index (Phi) is 5.52. The molecule has 0 aromatic heterocycles. The molecule has 0 atom stereocenters. The van der Waals surface area contributed by atoms with Gasteiger partial charge in [0.1, 0.15) is 0 Å². The van der Waals surface area contributed by atoms with Gasteiger partial charge >= 0.3 is 11.5 Å². The largest absolute Gasteiger partial charge is 0.469 e. The molecule has 0 radical (unpaired) electrons. The Morgan fingerprint density at radius 1 is 1.44 bits per heavy atom. The molecule has 0 spiro atoms. The van der Waals surface area contributed by atoms with Crippen molar-refractivity contribution in [3.63, 3.8) is 0 Å². The number of carbonyl (C=O) groups is 1. The highest BCUT2D eigenvalue weighted by atomic mass is 79.9. The van der Waals surface area contributed by atoms with Gasteiger partial charge in [0.2, 0.25) is 0 Å². The van der Waals surface area contributed by atoms with Crippen molar-refractivity contribution in [3.05, 3.63) is 28.2 Å². The Balaban J connectivity index is 2.77. The number of aryl methyl sites for hydroxylation is 1. The average Bonchev–Trinajstić information content (AvgIpc) is 2.28. The molecule has 7 heteroatoms. The highest BCUT2D eigenvalue weighted by Gasteiger charge is 2.30. The van der Waals surface area contributed by atoms with Gasteiger partial charge in [0.25, 0.3) is 0 Å². The second-order valence-electron chi connectivity index (χ2n) is 3.39. The topological polar surface area (TPSA) is 26.3 Å². The summed E-state index contributed by atoms with van der Waals surface area (Å²) < 4.78 is 41.7. The number of halogens is 4. The van der Waals surface area contributed by atoms with Gasteiger partial charge in [-0.05, 0) is 51.8 Å². The van der Waals surface area contributed by atoms with Gasteiger partial charge in [-0.2, -0.15) is 13.2 Å². The van der Waals surface area contributed by atoms with Gasteiger partial charge < -0.3 is 4.74 Å². The molecule has 0 heterocycles. The summed E-state index contributed by atoms with van der Waals surface area (Å²) in [6.07, 6.45) is 0.500. The number of carbonyl (C=O) groups excluding carboxylic acids is 1. The van der Waals surface area contributed by atoms with Crippen molar-refractivity contribution in [3.8, 4) is 0 Å². The van der Waals surface area contributed by atoms with Gasteiger partial charge in [-0.1, -0.05) is 6.07 Å². The van der Waals surface area contributed by atoms with Crippen LogP contribution in [-0.2, 0) is 16.0 Å². The van der Waals surface area contributed by atoms with Gasteiger partial charge in [0, 0.05) is 15.8 Å². The van der Waals surface area contributed by atoms with Crippen molar-refractivity contribution in [2.24, 2.45) is 0 Å². The lowest BCUT2D eigenvalue weighted by Crippen LogP contribution is -2.03. The first-order chi connectivity index (χ1) is 8.31. The summed E-state index contributed by atoms with van der Waals surface area (Å²) in [4.78, 5) is 11.0. The highest BCUT2D eigenvalue weighted by molar-refractivity contribution is 9.10. The molecule has 0 fully saturated rings. The third-order valence-electron chi connectivity index (χ3n) is 2.07. The molecule has 0 aliphatic rings. The van der Waals surface area contributed by atoms with Crippen LogP contribution in [0, 0.1) is 0 Å². The maximum absolute atomic E-state index is 12.3. The lowest BCUT2D eigenvalue weighted by Gasteiger charge is -2.09. The van der Waals surface area contributed by atoms with Crippen LogP contribution in [0.4, 0.5) is 13.2 Å². The van der Waals surface area contributed by atoms with E-state index in [9.17, 15) is 18.0 Å². The fourth-order valence-electron chi connectivity index (χ4n) is 1.25. The normalized spacial score (nSPS) is 11.4. The monoisotopic (exact) mass is 342 g/mol. The smallest absolute Gasteiger partial charge is 0.446 e. The molecule has 100 valence electrons. The Morgan fingerprint density at radius 3 is 2.67 bits per heavy atom. The third-order valence-corrected chi connectivity index (χ3v) is 3.81. The first-order valence-corrected chi connectivity index (χ1v) is 6.54. The lowest BCUT2D eigenvalue weighted by atomic mass is 10.1. The lowest BCUT2D eigenvalue weighted by molar-refractivity contribution is -0.140. The average molecular weight is 343 g/mol. The standard InChI is InChI=1S/C11H10BrF3O2S/c1-17-10(16)5-3-7-2-4-8(12)9(6-7)18-11(13,14)15/h2,4,6H,3,5H2,1H3. The number of hydrogen-bond donors (Lipinski definition) is 0. The predicted molar refractivity (Wildman–Crippen MR) is 66.4 cm³/mol. The number of benzene rings is 1. The van der Waals surface area contributed by atoms with Gasteiger partial charge in [-0.15, -0.1) is 0 Å². The Hall–Kier alpha value is -0.690. The molecule has 1 aromatic rings. The van der Waals surface area contributed by atoms with Crippen LogP contribution < -0.4 is 0 Å². The number of esters is 1. The first-order valence-electron chi connectivity index (χ1n) is 4.93. The Morgan fingerprint density at radius 2 is 2.11 bits per heavy atom. The molecule has 0 amide bonds. The summed E-state index contributed by atoms with van der Waals surface area (Å²) in [6, 6.07) is 4.64. The molecule has 0 N–H and O–H groups in total. The molecular weight excluding hydrogens is 333 g/mol. The van der Waals surface area contributed by atoms with E-state index >= 15 is 0 Å². The van der Waals surface area contributed by atoms with E-state index in [1.165, 1.54) is 13.2 Å². The zero-order valence-electron chi connectivity index (χ0n) is 9.38. The summed E-state index contributed by atoms with van der Waals surface area (Å²) >= 11 is 2.88. The van der Waals surface area contributed by atoms with Gasteiger partial charge in [-0.3, -0.25) is 4.79 Å². The van der Waals surface area contributed by atoms with Crippen LogP contribution in [0.1, 0.15) is 12.0 Å². The van der Waals surface area contributed by atoms with Crippen LogP contribution in [0.2, 0.25) is 0 Å². The fourth-order valence-corrected chi connectivity index (χ4v) is 2.37. The summed E-state index contributed by atoms with van der Waals surface area (Å²) in [5.74, 6) is -0.386. The summed E-state index contributed by atoms with van der Waals surface area (Å²) in [5, 5.41) is 0. The van der Waals surface area contributed by atoms with Gasteiger partial charge in [-0.25, -0.2) is 0 Å². The van der Waals surface area contributed by atoms with Crippen LogP contribution >= 0.6 is 27.7 Å². The zero-order valence-corrected chi connectivity index (χ0v) is 11.8. The Labute approximate surface area is 115 Å². The van der Waals surface area contributed by atoms with E-state index in [4.69, 9.17) is 0 Å². The molecule has 0 aliphatic carbocycles. The molecule has 18 heavy (non-hydrogen) atoms. The maximum atomic E-state index is 12.3. The van der Waals surface area contributed by atoms with Crippen molar-refractivity contribution in [1.29, 1.82) is 0 Å². The van der Waals surface area contributed by atoms with Crippen molar-refractivity contribution in [1.82, 2.24) is 0 Å². The molecule has 0 aliphatic heterocycles. The molecular formula is C11H10BrF3O2S. The number of ether oxygens (including phenoxy) is 1. The van der Waals surface area contributed by atoms with Crippen LogP contribution in [0.15, 0.2) is 27.6 Å². The predicted octanol–water partition coefficient (Wildman–Crippen LogP) is 4.17. The summed E-state index contributed by atoms with van der Waals surface area (Å²) in [6.45, 7) is 0. The number of hydrogen-bond acceptors (Lipinski definition) is 3. The van der Waals surface area contributed by atoms with Crippen molar-refractivity contribution in [2.75, 3.05) is 7.11 Å². The summed E-state index contributed by atoms with van der Waals surface area (Å²) in [5.41, 5.74) is -3.67. The van der Waals surface area contributed by atoms with E-state index in [1.54, 1.807) is 12.1 Å². The minimum atomic E-state index is -4.33. The second kappa shape index (κ2) is 6.47. The van der Waals surface area contributed by atoms with Crippen LogP contribution in [0.5, 0.6) is 0 Å². The van der Waals surface area contributed by atoms with Crippen molar-refractivity contribution < 1.29 is 22.7 Å². The molecule has 0 saturated heterocycles. The third kappa shape index (κ3) is 5.30. The van der Waals surface area contributed by atoms with Crippen molar-refractivity contribution in [2.45, 2.75) is 23.2 Å². The van der Waals surface area contributed by atoms with E-state index in [0.717, 1.165) is 0 Å². The molecule has 1 aromatic carbocycles. The van der Waals surface area contributed by atoms with Crippen LogP contribution in [-0.4, -0.2) is 18.6 Å². The molecule has 0 bridgehead atoms. The highest BCUT2D eigenvalue weighted by Crippen LogP contribution is 2.40. The molecule has 2 nitrogen and oxygen atoms in total. The number of alkyl halides is 3. The Bertz CT molecular complexity index is 435. The van der Waals surface area contributed by atoms with Crippen molar-refractivity contribution >= 4 is 33.7 Å². The number of thioether (sulfide) groups is 1. The molecule has 0 saturated carbocycles. The SMILES string of the molecule is COC(=O)CCc1ccc(Br)c(SC(F)(F)F)c1. The molecule has 1 rings (SSSR count). The summed E-state index contributed by atoms with van der Waals surface area (Å²) in [7, 11) is 1.27. The minimum absolute atomic E-state index is 0.0878. The molecule has 0 unspecified atom stereocenters. The van der Waals surface area contributed by atoms with E-state index in [2.05, 4.69) is 20.7 Å². The minimum Gasteiger partial charge on any atom is -0.469 e.